The van der Waals surface area contributed by atoms with Crippen LogP contribution in [0.1, 0.15) is 50.6 Å². The topological polar surface area (TPSA) is 21.3 Å². The van der Waals surface area contributed by atoms with E-state index in [-0.39, 0.29) is 0 Å². The van der Waals surface area contributed by atoms with Crippen LogP contribution in [0.5, 0.6) is 0 Å². The predicted octanol–water partition coefficient (Wildman–Crippen LogP) is 5.21. The second-order valence-electron chi connectivity index (χ2n) is 5.42. The Hall–Kier alpha value is 0.1000. The third-order valence-electron chi connectivity index (χ3n) is 3.73. The molecule has 1 aliphatic heterocycles. The highest BCUT2D eigenvalue weighted by atomic mass is 79.9. The number of nitrogens with one attached hydrogen (secondary N) is 1. The van der Waals surface area contributed by atoms with Crippen molar-refractivity contribution in [3.63, 3.8) is 0 Å². The molecular weight excluding hydrogens is 382 g/mol. The molecule has 0 aliphatic carbocycles. The van der Waals surface area contributed by atoms with Gasteiger partial charge in [0.05, 0.1) is 6.10 Å². The Morgan fingerprint density at radius 2 is 2.05 bits per heavy atom. The lowest BCUT2D eigenvalue weighted by Gasteiger charge is -2.21. The first kappa shape index (κ1) is 16.5. The van der Waals surface area contributed by atoms with Gasteiger partial charge in [-0.1, -0.05) is 38.8 Å². The van der Waals surface area contributed by atoms with Gasteiger partial charge in [0.2, 0.25) is 0 Å². The van der Waals surface area contributed by atoms with Gasteiger partial charge < -0.3 is 10.1 Å². The zero-order valence-electron chi connectivity index (χ0n) is 12.0. The molecular formula is C16H23Br2NO. The zero-order chi connectivity index (χ0) is 14.4. The van der Waals surface area contributed by atoms with Crippen LogP contribution in [0, 0.1) is 0 Å². The molecule has 1 saturated heterocycles. The van der Waals surface area contributed by atoms with E-state index in [4.69, 9.17) is 4.74 Å². The van der Waals surface area contributed by atoms with E-state index in [9.17, 15) is 0 Å². The molecule has 1 aromatic rings. The molecule has 2 atom stereocenters. The van der Waals surface area contributed by atoms with Crippen LogP contribution in [0.15, 0.2) is 27.1 Å². The van der Waals surface area contributed by atoms with Crippen LogP contribution in [-0.4, -0.2) is 19.3 Å². The van der Waals surface area contributed by atoms with Crippen LogP contribution in [0.25, 0.3) is 0 Å². The van der Waals surface area contributed by atoms with Gasteiger partial charge in [0.1, 0.15) is 0 Å². The SMILES string of the molecule is CCCNC(CCC1CCCO1)c1cc(Br)cc(Br)c1. The molecule has 2 rings (SSSR count). The highest BCUT2D eigenvalue weighted by molar-refractivity contribution is 9.11. The number of hydrogen-bond acceptors (Lipinski definition) is 2. The van der Waals surface area contributed by atoms with Crippen molar-refractivity contribution in [2.45, 2.75) is 51.2 Å². The van der Waals surface area contributed by atoms with E-state index in [1.807, 2.05) is 0 Å². The minimum Gasteiger partial charge on any atom is -0.378 e. The summed E-state index contributed by atoms with van der Waals surface area (Å²) in [6, 6.07) is 6.93. The van der Waals surface area contributed by atoms with Crippen molar-refractivity contribution in [2.24, 2.45) is 0 Å². The average Bonchev–Trinajstić information content (AvgIpc) is 2.91. The smallest absolute Gasteiger partial charge is 0.0576 e. The summed E-state index contributed by atoms with van der Waals surface area (Å²) in [5.41, 5.74) is 1.35. The van der Waals surface area contributed by atoms with Crippen LogP contribution in [0.2, 0.25) is 0 Å². The lowest BCUT2D eigenvalue weighted by atomic mass is 9.99. The van der Waals surface area contributed by atoms with Crippen LogP contribution in [-0.2, 0) is 4.74 Å². The minimum absolute atomic E-state index is 0.410. The lowest BCUT2D eigenvalue weighted by molar-refractivity contribution is 0.0996. The van der Waals surface area contributed by atoms with Crippen LogP contribution in [0.4, 0.5) is 0 Å². The number of halogens is 2. The van der Waals surface area contributed by atoms with Gasteiger partial charge in [-0.2, -0.15) is 0 Å². The average molecular weight is 405 g/mol. The first-order valence-corrected chi connectivity index (χ1v) is 9.08. The maximum atomic E-state index is 5.74. The maximum Gasteiger partial charge on any atom is 0.0576 e. The Morgan fingerprint density at radius 3 is 2.65 bits per heavy atom. The van der Waals surface area contributed by atoms with Gasteiger partial charge in [0.15, 0.2) is 0 Å². The molecule has 1 aliphatic rings. The first-order valence-electron chi connectivity index (χ1n) is 7.50. The molecule has 0 spiro atoms. The molecule has 1 fully saturated rings. The summed E-state index contributed by atoms with van der Waals surface area (Å²) in [5.74, 6) is 0. The number of hydrogen-bond donors (Lipinski definition) is 1. The van der Waals surface area contributed by atoms with E-state index in [2.05, 4.69) is 62.3 Å². The number of ether oxygens (including phenoxy) is 1. The highest BCUT2D eigenvalue weighted by Gasteiger charge is 2.19. The normalized spacial score (nSPS) is 20.2. The van der Waals surface area contributed by atoms with Crippen molar-refractivity contribution in [1.82, 2.24) is 5.32 Å². The summed E-state index contributed by atoms with van der Waals surface area (Å²) in [6.07, 6.45) is 6.35. The summed E-state index contributed by atoms with van der Waals surface area (Å²) in [7, 11) is 0. The van der Waals surface area contributed by atoms with Crippen LogP contribution < -0.4 is 5.32 Å². The van der Waals surface area contributed by atoms with Crippen molar-refractivity contribution in [3.05, 3.63) is 32.7 Å². The van der Waals surface area contributed by atoms with E-state index in [0.717, 1.165) is 41.4 Å². The van der Waals surface area contributed by atoms with E-state index < -0.39 is 0 Å². The van der Waals surface area contributed by atoms with Gasteiger partial charge in [-0.05, 0) is 62.4 Å². The standard InChI is InChI=1S/C16H23Br2NO/c1-2-7-19-16(6-5-15-4-3-8-20-15)12-9-13(17)11-14(18)10-12/h9-11,15-16,19H,2-8H2,1H3. The molecule has 0 aromatic heterocycles. The molecule has 1 heterocycles. The van der Waals surface area contributed by atoms with Gasteiger partial charge >= 0.3 is 0 Å². The Bertz CT molecular complexity index is 399. The number of benzene rings is 1. The van der Waals surface area contributed by atoms with Gasteiger partial charge in [-0.3, -0.25) is 0 Å². The quantitative estimate of drug-likeness (QED) is 0.673. The van der Waals surface area contributed by atoms with E-state index in [1.165, 1.54) is 18.4 Å². The van der Waals surface area contributed by atoms with Gasteiger partial charge in [0, 0.05) is 21.6 Å². The molecule has 1 N–H and O–H groups in total. The predicted molar refractivity (Wildman–Crippen MR) is 91.1 cm³/mol. The summed E-state index contributed by atoms with van der Waals surface area (Å²) in [5, 5.41) is 3.67. The fourth-order valence-corrected chi connectivity index (χ4v) is 4.04. The first-order chi connectivity index (χ1) is 9.69. The molecule has 0 amide bonds. The summed E-state index contributed by atoms with van der Waals surface area (Å²) >= 11 is 7.17. The summed E-state index contributed by atoms with van der Waals surface area (Å²) in [6.45, 7) is 4.21. The fourth-order valence-electron chi connectivity index (χ4n) is 2.71. The monoisotopic (exact) mass is 403 g/mol. The van der Waals surface area contributed by atoms with Crippen LogP contribution >= 0.6 is 31.9 Å². The molecule has 0 radical (unpaired) electrons. The molecule has 112 valence electrons. The van der Waals surface area contributed by atoms with E-state index in [1.54, 1.807) is 0 Å². The lowest BCUT2D eigenvalue weighted by Crippen LogP contribution is -2.23. The van der Waals surface area contributed by atoms with E-state index in [0.29, 0.717) is 12.1 Å². The van der Waals surface area contributed by atoms with Gasteiger partial charge in [0.25, 0.3) is 0 Å². The van der Waals surface area contributed by atoms with E-state index >= 15 is 0 Å². The Labute approximate surface area is 138 Å². The second kappa shape index (κ2) is 8.52. The second-order valence-corrected chi connectivity index (χ2v) is 7.25. The molecule has 4 heteroatoms. The molecule has 2 nitrogen and oxygen atoms in total. The summed E-state index contributed by atoms with van der Waals surface area (Å²) in [4.78, 5) is 0. The maximum absolute atomic E-state index is 5.74. The molecule has 1 aromatic carbocycles. The van der Waals surface area contributed by atoms with Crippen molar-refractivity contribution < 1.29 is 4.74 Å². The Kier molecular flexibility index (Phi) is 7.02. The molecule has 0 saturated carbocycles. The van der Waals surface area contributed by atoms with Gasteiger partial charge in [-0.15, -0.1) is 0 Å². The third-order valence-corrected chi connectivity index (χ3v) is 4.64. The largest absolute Gasteiger partial charge is 0.378 e. The van der Waals surface area contributed by atoms with Crippen LogP contribution in [0.3, 0.4) is 0 Å². The Balaban J connectivity index is 2.00. The third kappa shape index (κ3) is 5.14. The summed E-state index contributed by atoms with van der Waals surface area (Å²) < 4.78 is 8.00. The zero-order valence-corrected chi connectivity index (χ0v) is 15.2. The minimum atomic E-state index is 0.410. The molecule has 20 heavy (non-hydrogen) atoms. The van der Waals surface area contributed by atoms with Crippen molar-refractivity contribution in [2.75, 3.05) is 13.2 Å². The highest BCUT2D eigenvalue weighted by Crippen LogP contribution is 2.28. The van der Waals surface area contributed by atoms with Crippen molar-refractivity contribution in [3.8, 4) is 0 Å². The molecule has 0 bridgehead atoms. The molecule has 2 unspecified atom stereocenters. The van der Waals surface area contributed by atoms with Crippen molar-refractivity contribution >= 4 is 31.9 Å². The van der Waals surface area contributed by atoms with Gasteiger partial charge in [-0.25, -0.2) is 0 Å². The number of rotatable bonds is 7. The fraction of sp³-hybridized carbons (Fsp3) is 0.625. The Morgan fingerprint density at radius 1 is 1.30 bits per heavy atom. The van der Waals surface area contributed by atoms with Crippen molar-refractivity contribution in [1.29, 1.82) is 0 Å².